The number of anilines is 1. The largest absolute Gasteiger partial charge is 0.377 e. The maximum Gasteiger partial charge on any atom is 0.162 e. The standard InChI is InChI=1S/C20H26N6O2S2/c1-12-11-28-10-9-26(12)19-13(2)16(20(3,4)30(21,27)29)24-18(25-19)15-6-8-23-17-14(15)5-7-22-17/h5-8,12H,9-11H2,1-4H3,(H,22,23)(H2,21,27,29)/t12-,30?/m1/s1. The van der Waals surface area contributed by atoms with E-state index in [0.29, 0.717) is 31.3 Å². The Bertz CT molecular complexity index is 1210. The van der Waals surface area contributed by atoms with Gasteiger partial charge in [-0.1, -0.05) is 0 Å². The third kappa shape index (κ3) is 3.47. The van der Waals surface area contributed by atoms with Gasteiger partial charge in [-0.3, -0.25) is 4.78 Å². The molecule has 10 heteroatoms. The first kappa shape index (κ1) is 21.1. The van der Waals surface area contributed by atoms with Crippen molar-refractivity contribution in [1.29, 1.82) is 4.78 Å². The maximum atomic E-state index is 10.5. The zero-order chi connectivity index (χ0) is 21.7. The highest BCUT2D eigenvalue weighted by Gasteiger charge is 2.35. The van der Waals surface area contributed by atoms with Gasteiger partial charge in [0.15, 0.2) is 5.82 Å². The average Bonchev–Trinajstić information content (AvgIpc) is 3.17. The van der Waals surface area contributed by atoms with E-state index >= 15 is 0 Å². The van der Waals surface area contributed by atoms with E-state index in [1.165, 1.54) is 0 Å². The summed E-state index contributed by atoms with van der Waals surface area (Å²) in [7, 11) is -3.09. The lowest BCUT2D eigenvalue weighted by molar-refractivity contribution is 0.0984. The number of nitrogens with one attached hydrogen (secondary N) is 2. The van der Waals surface area contributed by atoms with Crippen LogP contribution in [0.3, 0.4) is 0 Å². The van der Waals surface area contributed by atoms with Crippen LogP contribution < -0.4 is 4.90 Å². The lowest BCUT2D eigenvalue weighted by Gasteiger charge is -2.37. The Labute approximate surface area is 181 Å². The molecular formula is C20H26N6O2S2. The number of H-pyrrole nitrogens is 1. The Kier molecular flexibility index (Phi) is 5.29. The van der Waals surface area contributed by atoms with Crippen LogP contribution >= 0.6 is 0 Å². The van der Waals surface area contributed by atoms with Crippen molar-refractivity contribution in [2.24, 2.45) is 0 Å². The van der Waals surface area contributed by atoms with Crippen LogP contribution in [0.5, 0.6) is 0 Å². The van der Waals surface area contributed by atoms with Gasteiger partial charge in [0.1, 0.15) is 11.5 Å². The quantitative estimate of drug-likeness (QED) is 0.561. The van der Waals surface area contributed by atoms with Crippen molar-refractivity contribution in [3.8, 4) is 11.4 Å². The molecule has 3 aromatic heterocycles. The van der Waals surface area contributed by atoms with E-state index in [-0.39, 0.29) is 6.04 Å². The molecule has 0 aliphatic carbocycles. The summed E-state index contributed by atoms with van der Waals surface area (Å²) in [6.07, 6.45) is 3.56. The SMILES string of the molecule is Cc1c(N2CCOC[C@H]2C)nc(-c2ccnc3[nH]ccc23)nc1C(C)(C)S(=N)(O)=S. The number of pyridine rings is 1. The van der Waals surface area contributed by atoms with Crippen LogP contribution in [0, 0.1) is 11.7 Å². The van der Waals surface area contributed by atoms with Crippen molar-refractivity contribution in [2.75, 3.05) is 24.7 Å². The van der Waals surface area contributed by atoms with Gasteiger partial charge in [-0.15, -0.1) is 0 Å². The van der Waals surface area contributed by atoms with Crippen LogP contribution in [0.2, 0.25) is 0 Å². The number of rotatable bonds is 4. The van der Waals surface area contributed by atoms with Crippen molar-refractivity contribution in [1.82, 2.24) is 19.9 Å². The van der Waals surface area contributed by atoms with Crippen molar-refractivity contribution >= 4 is 36.7 Å². The fourth-order valence-electron chi connectivity index (χ4n) is 3.82. The van der Waals surface area contributed by atoms with Crippen LogP contribution in [0.4, 0.5) is 5.82 Å². The molecule has 0 radical (unpaired) electrons. The Balaban J connectivity index is 2.01. The van der Waals surface area contributed by atoms with Crippen LogP contribution in [-0.2, 0) is 29.3 Å². The fraction of sp³-hybridized carbons (Fsp3) is 0.450. The Morgan fingerprint density at radius 3 is 2.83 bits per heavy atom. The van der Waals surface area contributed by atoms with Crippen molar-refractivity contribution in [3.05, 3.63) is 35.8 Å². The van der Waals surface area contributed by atoms with Crippen LogP contribution in [-0.4, -0.2) is 50.3 Å². The molecule has 8 nitrogen and oxygen atoms in total. The Hall–Kier alpha value is -2.14. The topological polar surface area (TPSA) is 111 Å². The predicted octanol–water partition coefficient (Wildman–Crippen LogP) is 3.64. The fourth-order valence-corrected chi connectivity index (χ4v) is 4.52. The van der Waals surface area contributed by atoms with E-state index in [2.05, 4.69) is 21.8 Å². The van der Waals surface area contributed by atoms with E-state index in [1.54, 1.807) is 20.0 Å². The van der Waals surface area contributed by atoms with Gasteiger partial charge >= 0.3 is 0 Å². The number of aromatic amines is 1. The second-order valence-electron chi connectivity index (χ2n) is 8.10. The summed E-state index contributed by atoms with van der Waals surface area (Å²) in [4.78, 5) is 19.5. The molecule has 3 N–H and O–H groups in total. The van der Waals surface area contributed by atoms with Crippen molar-refractivity contribution < 1.29 is 9.29 Å². The molecule has 4 heterocycles. The van der Waals surface area contributed by atoms with Gasteiger partial charge in [0.05, 0.1) is 29.7 Å². The molecular weight excluding hydrogens is 420 g/mol. The molecule has 4 rings (SSSR count). The summed E-state index contributed by atoms with van der Waals surface area (Å²) in [5.41, 5.74) is 3.03. The second-order valence-corrected chi connectivity index (χ2v) is 11.6. The summed E-state index contributed by atoms with van der Waals surface area (Å²) in [6, 6.07) is 3.98. The minimum atomic E-state index is -3.09. The third-order valence-electron chi connectivity index (χ3n) is 5.72. The molecule has 1 unspecified atom stereocenters. The number of hydrogen-bond donors (Lipinski definition) is 3. The second kappa shape index (κ2) is 7.52. The summed E-state index contributed by atoms with van der Waals surface area (Å²) in [6.45, 7) is 9.55. The van der Waals surface area contributed by atoms with Gasteiger partial charge in [0.2, 0.25) is 0 Å². The maximum absolute atomic E-state index is 10.5. The van der Waals surface area contributed by atoms with E-state index in [4.69, 9.17) is 30.7 Å². The summed E-state index contributed by atoms with van der Waals surface area (Å²) < 4.78 is 23.4. The molecule has 2 atom stereocenters. The van der Waals surface area contributed by atoms with E-state index in [9.17, 15) is 4.55 Å². The molecule has 30 heavy (non-hydrogen) atoms. The number of ether oxygens (including phenoxy) is 1. The van der Waals surface area contributed by atoms with E-state index in [1.807, 2.05) is 25.3 Å². The number of hydrogen-bond acceptors (Lipinski definition) is 7. The third-order valence-corrected chi connectivity index (χ3v) is 8.55. The summed E-state index contributed by atoms with van der Waals surface area (Å²) in [5.74, 6) is 1.32. The van der Waals surface area contributed by atoms with Gasteiger partial charge in [-0.25, -0.2) is 15.0 Å². The molecule has 1 fully saturated rings. The van der Waals surface area contributed by atoms with Crippen molar-refractivity contribution in [3.63, 3.8) is 0 Å². The first-order chi connectivity index (χ1) is 14.1. The van der Waals surface area contributed by atoms with Crippen LogP contribution in [0.15, 0.2) is 24.5 Å². The number of nitrogens with zero attached hydrogens (tertiary/aromatic N) is 4. The summed E-state index contributed by atoms with van der Waals surface area (Å²) >= 11 is 5.21. The minimum Gasteiger partial charge on any atom is -0.377 e. The van der Waals surface area contributed by atoms with Gasteiger partial charge in [0.25, 0.3) is 0 Å². The minimum absolute atomic E-state index is 0.145. The number of aromatic nitrogens is 4. The van der Waals surface area contributed by atoms with Gasteiger partial charge < -0.3 is 19.2 Å². The molecule has 0 saturated carbocycles. The normalized spacial score (nSPS) is 19.8. The molecule has 0 spiro atoms. The smallest absolute Gasteiger partial charge is 0.162 e. The molecule has 1 aliphatic heterocycles. The molecule has 1 aliphatic rings. The Morgan fingerprint density at radius 2 is 2.13 bits per heavy atom. The highest BCUT2D eigenvalue weighted by atomic mass is 32.8. The zero-order valence-electron chi connectivity index (χ0n) is 17.5. The molecule has 0 amide bonds. The molecule has 0 bridgehead atoms. The predicted molar refractivity (Wildman–Crippen MR) is 123 cm³/mol. The molecule has 0 aromatic carbocycles. The lowest BCUT2D eigenvalue weighted by atomic mass is 10.0. The zero-order valence-corrected chi connectivity index (χ0v) is 19.1. The molecule has 3 aromatic rings. The number of morpholine rings is 1. The van der Waals surface area contributed by atoms with Gasteiger partial charge in [-0.2, -0.15) is 0 Å². The average molecular weight is 447 g/mol. The van der Waals surface area contributed by atoms with E-state index in [0.717, 1.165) is 28.0 Å². The molecule has 160 valence electrons. The summed E-state index contributed by atoms with van der Waals surface area (Å²) in [5, 5.41) is 0.915. The van der Waals surface area contributed by atoms with Gasteiger partial charge in [0, 0.05) is 44.1 Å². The lowest BCUT2D eigenvalue weighted by Crippen LogP contribution is -2.45. The monoisotopic (exact) mass is 446 g/mol. The van der Waals surface area contributed by atoms with Crippen LogP contribution in [0.25, 0.3) is 22.4 Å². The first-order valence-corrected chi connectivity index (χ1v) is 12.3. The Morgan fingerprint density at radius 1 is 1.37 bits per heavy atom. The van der Waals surface area contributed by atoms with Gasteiger partial charge in [-0.05, 0) is 51.0 Å². The highest BCUT2D eigenvalue weighted by molar-refractivity contribution is 8.30. The highest BCUT2D eigenvalue weighted by Crippen LogP contribution is 2.37. The molecule has 1 saturated heterocycles. The van der Waals surface area contributed by atoms with Crippen molar-refractivity contribution in [2.45, 2.75) is 38.5 Å². The first-order valence-electron chi connectivity index (χ1n) is 9.78. The number of fused-ring (bicyclic) bond motifs is 1. The van der Waals surface area contributed by atoms with E-state index < -0.39 is 13.4 Å². The van der Waals surface area contributed by atoms with Crippen LogP contribution in [0.1, 0.15) is 32.0 Å².